The van der Waals surface area contributed by atoms with Crippen molar-refractivity contribution in [2.45, 2.75) is 45.8 Å². The first-order valence-electron chi connectivity index (χ1n) is 10.1. The van der Waals surface area contributed by atoms with Gasteiger partial charge in [0.25, 0.3) is 5.91 Å². The zero-order valence-electron chi connectivity index (χ0n) is 17.5. The predicted molar refractivity (Wildman–Crippen MR) is 114 cm³/mol. The van der Waals surface area contributed by atoms with E-state index >= 15 is 0 Å². The fraction of sp³-hybridized carbons (Fsp3) is 0.269. The van der Waals surface area contributed by atoms with Crippen LogP contribution in [0.5, 0.6) is 0 Å². The summed E-state index contributed by atoms with van der Waals surface area (Å²) in [6.45, 7) is 10.2. The van der Waals surface area contributed by atoms with Gasteiger partial charge in [0.05, 0.1) is 0 Å². The summed E-state index contributed by atoms with van der Waals surface area (Å²) in [6, 6.07) is 20.8. The molecule has 3 heteroatoms. The van der Waals surface area contributed by atoms with Crippen molar-refractivity contribution in [1.82, 2.24) is 5.06 Å². The Bertz CT molecular complexity index is 1110. The Morgan fingerprint density at radius 3 is 1.72 bits per heavy atom. The van der Waals surface area contributed by atoms with E-state index in [2.05, 4.69) is 57.2 Å². The summed E-state index contributed by atoms with van der Waals surface area (Å²) in [5, 5.41) is 1.63. The van der Waals surface area contributed by atoms with Crippen LogP contribution in [0, 0.1) is 20.8 Å². The van der Waals surface area contributed by atoms with Gasteiger partial charge in [0.1, 0.15) is 11.1 Å². The standard InChI is InChI=1S/C26H25NO2/c1-16-14-17(2)23(18(3)15-16)24(28)27-25(4)19-10-6-8-12-21(19)26(5,29-27)22-13-9-7-11-20(22)25/h6-15H,1-5H3. The van der Waals surface area contributed by atoms with Crippen molar-refractivity contribution in [3.8, 4) is 0 Å². The van der Waals surface area contributed by atoms with Gasteiger partial charge < -0.3 is 0 Å². The van der Waals surface area contributed by atoms with E-state index in [9.17, 15) is 4.79 Å². The van der Waals surface area contributed by atoms with Gasteiger partial charge >= 0.3 is 0 Å². The quantitative estimate of drug-likeness (QED) is 0.552. The average Bonchev–Trinajstić information content (AvgIpc) is 2.69. The van der Waals surface area contributed by atoms with Crippen LogP contribution in [0.15, 0.2) is 60.7 Å². The Kier molecular flexibility index (Phi) is 3.63. The summed E-state index contributed by atoms with van der Waals surface area (Å²) in [7, 11) is 0. The topological polar surface area (TPSA) is 29.5 Å². The number of rotatable bonds is 1. The molecule has 0 saturated carbocycles. The van der Waals surface area contributed by atoms with E-state index in [1.807, 2.05) is 38.1 Å². The van der Waals surface area contributed by atoms with E-state index in [1.165, 1.54) is 0 Å². The maximum absolute atomic E-state index is 13.9. The van der Waals surface area contributed by atoms with Crippen LogP contribution in [-0.2, 0) is 16.0 Å². The van der Waals surface area contributed by atoms with Crippen LogP contribution < -0.4 is 0 Å². The number of benzene rings is 3. The third-order valence-electron chi connectivity index (χ3n) is 6.69. The molecule has 6 rings (SSSR count). The maximum atomic E-state index is 13.9. The fourth-order valence-corrected chi connectivity index (χ4v) is 5.39. The van der Waals surface area contributed by atoms with Crippen molar-refractivity contribution >= 4 is 5.91 Å². The lowest BCUT2D eigenvalue weighted by Gasteiger charge is -2.57. The smallest absolute Gasteiger partial charge is 0.267 e. The number of aryl methyl sites for hydroxylation is 3. The van der Waals surface area contributed by atoms with E-state index in [0.717, 1.165) is 44.5 Å². The molecule has 0 fully saturated rings. The molecule has 3 aromatic carbocycles. The molecule has 0 saturated heterocycles. The van der Waals surface area contributed by atoms with Crippen LogP contribution in [0.2, 0.25) is 0 Å². The second-order valence-corrected chi connectivity index (χ2v) is 8.66. The Morgan fingerprint density at radius 2 is 1.24 bits per heavy atom. The van der Waals surface area contributed by atoms with E-state index < -0.39 is 11.1 Å². The number of hydroxylamine groups is 2. The van der Waals surface area contributed by atoms with Gasteiger partial charge in [0.2, 0.25) is 0 Å². The highest BCUT2D eigenvalue weighted by atomic mass is 16.7. The molecule has 0 N–H and O–H groups in total. The lowest BCUT2D eigenvalue weighted by molar-refractivity contribution is -0.263. The number of carbonyl (C=O) groups excluding carboxylic acids is 1. The molecular weight excluding hydrogens is 358 g/mol. The second-order valence-electron chi connectivity index (χ2n) is 8.66. The van der Waals surface area contributed by atoms with Gasteiger partial charge in [-0.25, -0.2) is 5.06 Å². The highest BCUT2D eigenvalue weighted by Crippen LogP contribution is 2.57. The van der Waals surface area contributed by atoms with Crippen molar-refractivity contribution in [1.29, 1.82) is 0 Å². The second kappa shape index (κ2) is 5.80. The summed E-state index contributed by atoms with van der Waals surface area (Å²) in [4.78, 5) is 20.5. The average molecular weight is 383 g/mol. The molecule has 2 heterocycles. The van der Waals surface area contributed by atoms with Crippen LogP contribution >= 0.6 is 0 Å². The molecule has 146 valence electrons. The Morgan fingerprint density at radius 1 is 0.793 bits per heavy atom. The van der Waals surface area contributed by atoms with Crippen LogP contribution in [-0.4, -0.2) is 11.0 Å². The molecule has 2 bridgehead atoms. The lowest BCUT2D eigenvalue weighted by Crippen LogP contribution is -2.61. The summed E-state index contributed by atoms with van der Waals surface area (Å²) >= 11 is 0. The van der Waals surface area contributed by atoms with Gasteiger partial charge in [0.15, 0.2) is 0 Å². The molecule has 3 nitrogen and oxygen atoms in total. The Hall–Kier alpha value is -2.91. The van der Waals surface area contributed by atoms with Crippen molar-refractivity contribution in [2.24, 2.45) is 0 Å². The largest absolute Gasteiger partial charge is 0.279 e. The zero-order valence-corrected chi connectivity index (χ0v) is 17.5. The maximum Gasteiger partial charge on any atom is 0.279 e. The number of carbonyl (C=O) groups is 1. The molecule has 0 spiro atoms. The lowest BCUT2D eigenvalue weighted by atomic mass is 9.65. The molecule has 29 heavy (non-hydrogen) atoms. The molecule has 0 unspecified atom stereocenters. The number of hydrogen-bond donors (Lipinski definition) is 0. The van der Waals surface area contributed by atoms with Crippen LogP contribution in [0.4, 0.5) is 0 Å². The molecule has 3 aliphatic rings. The minimum atomic E-state index is -0.701. The van der Waals surface area contributed by atoms with Gasteiger partial charge in [-0.15, -0.1) is 0 Å². The molecule has 2 aliphatic heterocycles. The van der Waals surface area contributed by atoms with Gasteiger partial charge in [-0.2, -0.15) is 0 Å². The Labute approximate surface area is 171 Å². The molecule has 0 aromatic heterocycles. The predicted octanol–water partition coefficient (Wildman–Crippen LogP) is 5.54. The first-order valence-corrected chi connectivity index (χ1v) is 10.1. The normalized spacial score (nSPS) is 24.2. The van der Waals surface area contributed by atoms with E-state index in [-0.39, 0.29) is 5.91 Å². The SMILES string of the molecule is Cc1cc(C)c(C(=O)N2OC3(C)c4ccccc4C2(C)c2ccccc23)c(C)c1. The minimum Gasteiger partial charge on any atom is -0.267 e. The van der Waals surface area contributed by atoms with E-state index in [0.29, 0.717) is 0 Å². The highest BCUT2D eigenvalue weighted by Gasteiger charge is 2.59. The molecular formula is C26H25NO2. The number of hydrogen-bond acceptors (Lipinski definition) is 2. The Balaban J connectivity index is 1.78. The van der Waals surface area contributed by atoms with Crippen LogP contribution in [0.3, 0.4) is 0 Å². The number of fused-ring (bicyclic) bond motifs is 1. The third kappa shape index (κ3) is 2.19. The van der Waals surface area contributed by atoms with Crippen molar-refractivity contribution in [3.63, 3.8) is 0 Å². The molecule has 1 aliphatic carbocycles. The van der Waals surface area contributed by atoms with Crippen LogP contribution in [0.1, 0.15) is 63.1 Å². The molecule has 0 radical (unpaired) electrons. The van der Waals surface area contributed by atoms with Gasteiger partial charge in [-0.3, -0.25) is 9.63 Å². The van der Waals surface area contributed by atoms with Crippen molar-refractivity contribution < 1.29 is 9.63 Å². The van der Waals surface area contributed by atoms with Crippen molar-refractivity contribution in [2.75, 3.05) is 0 Å². The molecule has 1 amide bonds. The first-order chi connectivity index (χ1) is 13.8. The zero-order chi connectivity index (χ0) is 20.6. The van der Waals surface area contributed by atoms with Crippen LogP contribution in [0.25, 0.3) is 0 Å². The number of amides is 1. The number of nitrogens with zero attached hydrogens (tertiary/aromatic N) is 1. The van der Waals surface area contributed by atoms with Gasteiger partial charge in [-0.05, 0) is 68.0 Å². The monoisotopic (exact) mass is 383 g/mol. The van der Waals surface area contributed by atoms with E-state index in [4.69, 9.17) is 4.84 Å². The summed E-state index contributed by atoms with van der Waals surface area (Å²) in [5.74, 6) is -0.0854. The van der Waals surface area contributed by atoms with Gasteiger partial charge in [-0.1, -0.05) is 66.2 Å². The summed E-state index contributed by atoms with van der Waals surface area (Å²) in [6.07, 6.45) is 0. The minimum absolute atomic E-state index is 0.0854. The molecule has 0 atom stereocenters. The van der Waals surface area contributed by atoms with Gasteiger partial charge in [0, 0.05) is 5.56 Å². The highest BCUT2D eigenvalue weighted by molar-refractivity contribution is 5.98. The van der Waals surface area contributed by atoms with Crippen molar-refractivity contribution in [3.05, 3.63) is 105 Å². The van der Waals surface area contributed by atoms with E-state index in [1.54, 1.807) is 5.06 Å². The summed E-state index contributed by atoms with van der Waals surface area (Å²) < 4.78 is 0. The fourth-order valence-electron chi connectivity index (χ4n) is 5.39. The third-order valence-corrected chi connectivity index (χ3v) is 6.69. The molecule has 3 aromatic rings. The first kappa shape index (κ1) is 18.1. The summed E-state index contributed by atoms with van der Waals surface area (Å²) in [5.41, 5.74) is 6.96.